The van der Waals surface area contributed by atoms with Crippen LogP contribution in [0.4, 0.5) is 10.2 Å². The molecule has 23 heavy (non-hydrogen) atoms. The first-order valence-corrected chi connectivity index (χ1v) is 7.55. The van der Waals surface area contributed by atoms with Gasteiger partial charge in [0.2, 0.25) is 5.75 Å². The second kappa shape index (κ2) is 6.31. The predicted octanol–water partition coefficient (Wildman–Crippen LogP) is 1.61. The maximum absolute atomic E-state index is 14.5. The first-order chi connectivity index (χ1) is 11.2. The van der Waals surface area contributed by atoms with Gasteiger partial charge in [0.1, 0.15) is 12.2 Å². The Morgan fingerprint density at radius 2 is 2.26 bits per heavy atom. The third-order valence-corrected chi connectivity index (χ3v) is 4.02. The van der Waals surface area contributed by atoms with Crippen molar-refractivity contribution in [1.82, 2.24) is 19.9 Å². The maximum atomic E-state index is 14.5. The molecule has 0 aromatic carbocycles. The molecule has 0 amide bonds. The molecule has 0 radical (unpaired) electrons. The minimum Gasteiger partial charge on any atom is -0.490 e. The van der Waals surface area contributed by atoms with Crippen LogP contribution in [-0.2, 0) is 6.42 Å². The Morgan fingerprint density at radius 3 is 2.96 bits per heavy atom. The molecular formula is C15H18FN5O2. The largest absolute Gasteiger partial charge is 0.490 e. The Kier molecular flexibility index (Phi) is 4.22. The van der Waals surface area contributed by atoms with E-state index in [-0.39, 0.29) is 23.2 Å². The van der Waals surface area contributed by atoms with E-state index in [9.17, 15) is 9.18 Å². The summed E-state index contributed by atoms with van der Waals surface area (Å²) in [5.41, 5.74) is 0.0404. The fourth-order valence-electron chi connectivity index (χ4n) is 2.86. The smallest absolute Gasteiger partial charge is 0.293 e. The number of aryl methyl sites for hydroxylation is 1. The topological polar surface area (TPSA) is 84.0 Å². The Balaban J connectivity index is 1.98. The number of aromatic nitrogens is 4. The zero-order chi connectivity index (χ0) is 16.4. The molecule has 1 N–H and O–H groups in total. The fraction of sp³-hybridized carbons (Fsp3) is 0.467. The highest BCUT2D eigenvalue weighted by molar-refractivity contribution is 5.44. The van der Waals surface area contributed by atoms with Crippen LogP contribution in [0.15, 0.2) is 17.3 Å². The van der Waals surface area contributed by atoms with Crippen molar-refractivity contribution in [2.45, 2.75) is 32.2 Å². The number of nitrogens with zero attached hydrogens (tertiary/aromatic N) is 4. The number of rotatable bonds is 4. The summed E-state index contributed by atoms with van der Waals surface area (Å²) in [5, 5.41) is 0. The lowest BCUT2D eigenvalue weighted by molar-refractivity contribution is 0.404. The van der Waals surface area contributed by atoms with Crippen LogP contribution in [0.5, 0.6) is 5.75 Å². The number of methoxy groups -OCH3 is 1. The van der Waals surface area contributed by atoms with Gasteiger partial charge in [-0.3, -0.25) is 4.79 Å². The molecule has 3 rings (SSSR count). The molecule has 0 aliphatic carbocycles. The molecule has 7 nitrogen and oxygen atoms in total. The van der Waals surface area contributed by atoms with Crippen LogP contribution in [0.3, 0.4) is 0 Å². The van der Waals surface area contributed by atoms with Crippen LogP contribution in [0.25, 0.3) is 0 Å². The Bertz CT molecular complexity index is 764. The summed E-state index contributed by atoms with van der Waals surface area (Å²) < 4.78 is 19.5. The van der Waals surface area contributed by atoms with E-state index >= 15 is 0 Å². The molecule has 1 aliphatic heterocycles. The fourth-order valence-corrected chi connectivity index (χ4v) is 2.86. The number of ether oxygens (including phenoxy) is 1. The first-order valence-electron chi connectivity index (χ1n) is 7.55. The van der Waals surface area contributed by atoms with Gasteiger partial charge < -0.3 is 14.6 Å². The van der Waals surface area contributed by atoms with Gasteiger partial charge in [0.15, 0.2) is 11.6 Å². The lowest BCUT2D eigenvalue weighted by Crippen LogP contribution is -2.28. The molecule has 1 unspecified atom stereocenters. The standard InChI is InChI=1S/C15H18FN5O2/c1-3-9-12(16)14(19-8-18-9)21-6-4-5-10(21)13-17-7-11(23-2)15(22)20-13/h7-8,10H,3-6H2,1-2H3,(H,17,20,22). The minimum absolute atomic E-state index is 0.153. The molecule has 0 spiro atoms. The Labute approximate surface area is 132 Å². The highest BCUT2D eigenvalue weighted by atomic mass is 19.1. The van der Waals surface area contributed by atoms with E-state index in [1.54, 1.807) is 0 Å². The lowest BCUT2D eigenvalue weighted by Gasteiger charge is -2.25. The third kappa shape index (κ3) is 2.76. The summed E-state index contributed by atoms with van der Waals surface area (Å²) in [5.74, 6) is 0.500. The van der Waals surface area contributed by atoms with E-state index in [0.29, 0.717) is 24.5 Å². The van der Waals surface area contributed by atoms with E-state index in [1.165, 1.54) is 19.6 Å². The van der Waals surface area contributed by atoms with Crippen LogP contribution in [-0.4, -0.2) is 33.6 Å². The molecule has 1 fully saturated rings. The van der Waals surface area contributed by atoms with Crippen molar-refractivity contribution in [2.75, 3.05) is 18.6 Å². The van der Waals surface area contributed by atoms with Gasteiger partial charge in [-0.2, -0.15) is 0 Å². The number of aromatic amines is 1. The molecule has 1 saturated heterocycles. The SMILES string of the molecule is CCc1ncnc(N2CCCC2c2ncc(OC)c(=O)[nH]2)c1F. The predicted molar refractivity (Wildman–Crippen MR) is 82.1 cm³/mol. The monoisotopic (exact) mass is 319 g/mol. The number of anilines is 1. The van der Waals surface area contributed by atoms with E-state index in [1.807, 2.05) is 11.8 Å². The summed E-state index contributed by atoms with van der Waals surface area (Å²) in [6.45, 7) is 2.50. The normalized spacial score (nSPS) is 17.5. The van der Waals surface area contributed by atoms with Gasteiger partial charge in [-0.15, -0.1) is 0 Å². The summed E-state index contributed by atoms with van der Waals surface area (Å²) in [6, 6.07) is -0.220. The van der Waals surface area contributed by atoms with Gasteiger partial charge in [-0.25, -0.2) is 19.3 Å². The van der Waals surface area contributed by atoms with E-state index in [4.69, 9.17) is 4.74 Å². The van der Waals surface area contributed by atoms with Crippen molar-refractivity contribution in [2.24, 2.45) is 0 Å². The molecule has 3 heterocycles. The van der Waals surface area contributed by atoms with Crippen molar-refractivity contribution >= 4 is 5.82 Å². The van der Waals surface area contributed by atoms with Gasteiger partial charge in [0.05, 0.1) is 25.0 Å². The lowest BCUT2D eigenvalue weighted by atomic mass is 10.2. The quantitative estimate of drug-likeness (QED) is 0.922. The summed E-state index contributed by atoms with van der Waals surface area (Å²) in [4.78, 5) is 28.8. The van der Waals surface area contributed by atoms with Crippen molar-refractivity contribution in [1.29, 1.82) is 0 Å². The van der Waals surface area contributed by atoms with Crippen molar-refractivity contribution in [3.63, 3.8) is 0 Å². The zero-order valence-corrected chi connectivity index (χ0v) is 13.0. The van der Waals surface area contributed by atoms with E-state index < -0.39 is 5.82 Å². The Morgan fingerprint density at radius 1 is 1.43 bits per heavy atom. The second-order valence-corrected chi connectivity index (χ2v) is 5.33. The molecule has 1 atom stereocenters. The second-order valence-electron chi connectivity index (χ2n) is 5.33. The van der Waals surface area contributed by atoms with Gasteiger partial charge in [0, 0.05) is 6.54 Å². The average molecular weight is 319 g/mol. The summed E-state index contributed by atoms with van der Waals surface area (Å²) >= 11 is 0. The van der Waals surface area contributed by atoms with Crippen LogP contribution in [0, 0.1) is 5.82 Å². The van der Waals surface area contributed by atoms with Crippen molar-refractivity contribution in [3.05, 3.63) is 40.2 Å². The molecule has 1 aliphatic rings. The summed E-state index contributed by atoms with van der Waals surface area (Å²) in [7, 11) is 1.41. The molecule has 122 valence electrons. The van der Waals surface area contributed by atoms with Gasteiger partial charge in [-0.1, -0.05) is 6.92 Å². The Hall–Kier alpha value is -2.51. The molecule has 2 aromatic heterocycles. The molecule has 0 saturated carbocycles. The van der Waals surface area contributed by atoms with Crippen LogP contribution >= 0.6 is 0 Å². The molecule has 2 aromatic rings. The average Bonchev–Trinajstić information content (AvgIpc) is 3.04. The highest BCUT2D eigenvalue weighted by Crippen LogP contribution is 2.34. The molecule has 8 heteroatoms. The van der Waals surface area contributed by atoms with E-state index in [0.717, 1.165) is 12.8 Å². The number of hydrogen-bond donors (Lipinski definition) is 1. The first kappa shape index (κ1) is 15.4. The van der Waals surface area contributed by atoms with Crippen LogP contribution in [0.2, 0.25) is 0 Å². The van der Waals surface area contributed by atoms with Crippen LogP contribution in [0.1, 0.15) is 37.3 Å². The zero-order valence-electron chi connectivity index (χ0n) is 13.0. The number of hydrogen-bond acceptors (Lipinski definition) is 6. The minimum atomic E-state index is -0.405. The van der Waals surface area contributed by atoms with Crippen molar-refractivity contribution in [3.8, 4) is 5.75 Å². The van der Waals surface area contributed by atoms with Gasteiger partial charge in [0.25, 0.3) is 5.56 Å². The molecular weight excluding hydrogens is 301 g/mol. The van der Waals surface area contributed by atoms with Crippen LogP contribution < -0.4 is 15.2 Å². The van der Waals surface area contributed by atoms with Gasteiger partial charge >= 0.3 is 0 Å². The van der Waals surface area contributed by atoms with Gasteiger partial charge in [-0.05, 0) is 19.3 Å². The highest BCUT2D eigenvalue weighted by Gasteiger charge is 2.31. The van der Waals surface area contributed by atoms with E-state index in [2.05, 4.69) is 19.9 Å². The summed E-state index contributed by atoms with van der Waals surface area (Å²) in [6.07, 6.45) is 4.89. The number of H-pyrrole nitrogens is 1. The maximum Gasteiger partial charge on any atom is 0.293 e. The number of nitrogens with one attached hydrogen (secondary N) is 1. The molecule has 0 bridgehead atoms. The third-order valence-electron chi connectivity index (χ3n) is 4.02. The van der Waals surface area contributed by atoms with Crippen molar-refractivity contribution < 1.29 is 9.13 Å². The number of halogens is 1.